The molecule has 2 atom stereocenters. The molecular formula is C15H23Br2NOS. The normalized spacial score (nSPS) is 25.9. The minimum atomic E-state index is -0.112. The van der Waals surface area contributed by atoms with E-state index >= 15 is 0 Å². The van der Waals surface area contributed by atoms with E-state index in [1.54, 1.807) is 11.3 Å². The lowest BCUT2D eigenvalue weighted by molar-refractivity contribution is -0.0777. The zero-order valence-electron chi connectivity index (χ0n) is 12.7. The van der Waals surface area contributed by atoms with Gasteiger partial charge in [-0.25, -0.2) is 0 Å². The maximum Gasteiger partial charge on any atom is 0.0843 e. The first kappa shape index (κ1) is 16.9. The van der Waals surface area contributed by atoms with Crippen molar-refractivity contribution in [3.63, 3.8) is 0 Å². The van der Waals surface area contributed by atoms with Crippen molar-refractivity contribution in [3.05, 3.63) is 19.2 Å². The zero-order chi connectivity index (χ0) is 15.1. The number of rotatable bonds is 4. The highest BCUT2D eigenvalue weighted by molar-refractivity contribution is 9.13. The topological polar surface area (TPSA) is 21.3 Å². The summed E-state index contributed by atoms with van der Waals surface area (Å²) >= 11 is 9.01. The van der Waals surface area contributed by atoms with Gasteiger partial charge in [-0.1, -0.05) is 6.92 Å². The van der Waals surface area contributed by atoms with Gasteiger partial charge in [-0.05, 0) is 78.6 Å². The van der Waals surface area contributed by atoms with E-state index in [0.29, 0.717) is 12.0 Å². The van der Waals surface area contributed by atoms with Gasteiger partial charge in [-0.2, -0.15) is 0 Å². The molecule has 1 aliphatic rings. The van der Waals surface area contributed by atoms with E-state index in [2.05, 4.69) is 77.9 Å². The minimum absolute atomic E-state index is 0.0481. The van der Waals surface area contributed by atoms with Crippen LogP contribution in [0.2, 0.25) is 0 Å². The van der Waals surface area contributed by atoms with Crippen LogP contribution in [0, 0.1) is 5.92 Å². The molecule has 0 aromatic carbocycles. The third-order valence-corrected chi connectivity index (χ3v) is 7.28. The summed E-state index contributed by atoms with van der Waals surface area (Å²) in [5.74, 6) is 0.467. The molecule has 2 heterocycles. The smallest absolute Gasteiger partial charge is 0.0843 e. The number of halogens is 2. The van der Waals surface area contributed by atoms with Crippen molar-refractivity contribution in [2.75, 3.05) is 6.54 Å². The second kappa shape index (κ2) is 5.99. The summed E-state index contributed by atoms with van der Waals surface area (Å²) < 4.78 is 8.57. The molecule has 0 aliphatic carbocycles. The van der Waals surface area contributed by atoms with Crippen LogP contribution in [0.25, 0.3) is 0 Å². The molecule has 0 radical (unpaired) electrons. The maximum absolute atomic E-state index is 6.28. The van der Waals surface area contributed by atoms with Crippen molar-refractivity contribution in [1.29, 1.82) is 0 Å². The van der Waals surface area contributed by atoms with Crippen LogP contribution < -0.4 is 5.32 Å². The summed E-state index contributed by atoms with van der Waals surface area (Å²) in [4.78, 5) is 1.37. The maximum atomic E-state index is 6.28. The quantitative estimate of drug-likeness (QED) is 0.687. The molecule has 1 saturated heterocycles. The van der Waals surface area contributed by atoms with E-state index in [0.717, 1.165) is 21.2 Å². The Balaban J connectivity index is 2.33. The first-order chi connectivity index (χ1) is 9.16. The SMILES string of the molecule is CCNC(c1cc(Br)c(Br)s1)C1CC(C)(C)OC1(C)C. The molecule has 0 amide bonds. The van der Waals surface area contributed by atoms with Gasteiger partial charge in [0.25, 0.3) is 0 Å². The Morgan fingerprint density at radius 3 is 2.45 bits per heavy atom. The summed E-state index contributed by atoms with van der Waals surface area (Å²) in [7, 11) is 0. The fraction of sp³-hybridized carbons (Fsp3) is 0.733. The van der Waals surface area contributed by atoms with Gasteiger partial charge >= 0.3 is 0 Å². The highest BCUT2D eigenvalue weighted by Crippen LogP contribution is 2.49. The standard InChI is InChI=1S/C15H23Br2NOS/c1-6-18-12(11-7-10(16)13(17)20-11)9-8-14(2,3)19-15(9,4)5/h7,9,12,18H,6,8H2,1-5H3. The largest absolute Gasteiger partial charge is 0.369 e. The molecule has 1 aromatic heterocycles. The lowest BCUT2D eigenvalue weighted by Gasteiger charge is -2.33. The molecule has 2 nitrogen and oxygen atoms in total. The fourth-order valence-corrected chi connectivity index (χ4v) is 5.53. The molecule has 1 aliphatic heterocycles. The van der Waals surface area contributed by atoms with Crippen molar-refractivity contribution in [3.8, 4) is 0 Å². The van der Waals surface area contributed by atoms with Crippen molar-refractivity contribution in [2.45, 2.75) is 58.3 Å². The summed E-state index contributed by atoms with van der Waals surface area (Å²) in [5, 5.41) is 3.66. The molecule has 20 heavy (non-hydrogen) atoms. The molecule has 114 valence electrons. The van der Waals surface area contributed by atoms with Gasteiger partial charge in [0.2, 0.25) is 0 Å². The Kier molecular flexibility index (Phi) is 5.08. The van der Waals surface area contributed by atoms with Crippen molar-refractivity contribution in [2.24, 2.45) is 5.92 Å². The van der Waals surface area contributed by atoms with Gasteiger partial charge in [0, 0.05) is 21.3 Å². The summed E-state index contributed by atoms with van der Waals surface area (Å²) in [6.45, 7) is 11.9. The highest BCUT2D eigenvalue weighted by atomic mass is 79.9. The van der Waals surface area contributed by atoms with Crippen molar-refractivity contribution >= 4 is 43.2 Å². The Hall–Kier alpha value is 0.580. The first-order valence-corrected chi connectivity index (χ1v) is 9.45. The van der Waals surface area contributed by atoms with Crippen LogP contribution in [0.5, 0.6) is 0 Å². The fourth-order valence-electron chi connectivity index (χ4n) is 3.30. The van der Waals surface area contributed by atoms with Crippen LogP contribution in [-0.2, 0) is 4.74 Å². The Bertz CT molecular complexity index is 465. The van der Waals surface area contributed by atoms with E-state index in [1.165, 1.54) is 4.88 Å². The van der Waals surface area contributed by atoms with Crippen molar-refractivity contribution in [1.82, 2.24) is 5.32 Å². The van der Waals surface area contributed by atoms with E-state index in [-0.39, 0.29) is 11.2 Å². The Morgan fingerprint density at radius 2 is 2.05 bits per heavy atom. The monoisotopic (exact) mass is 423 g/mol. The highest BCUT2D eigenvalue weighted by Gasteiger charge is 2.49. The molecule has 1 aromatic rings. The van der Waals surface area contributed by atoms with Crippen LogP contribution >= 0.6 is 43.2 Å². The van der Waals surface area contributed by atoms with E-state index in [4.69, 9.17) is 4.74 Å². The zero-order valence-corrected chi connectivity index (χ0v) is 16.7. The lowest BCUT2D eigenvalue weighted by atomic mass is 9.81. The summed E-state index contributed by atoms with van der Waals surface area (Å²) in [6, 6.07) is 2.56. The first-order valence-electron chi connectivity index (χ1n) is 7.04. The second-order valence-electron chi connectivity index (χ2n) is 6.58. The third kappa shape index (κ3) is 3.49. The van der Waals surface area contributed by atoms with Gasteiger partial charge in [0.1, 0.15) is 0 Å². The minimum Gasteiger partial charge on any atom is -0.369 e. The predicted molar refractivity (Wildman–Crippen MR) is 93.5 cm³/mol. The predicted octanol–water partition coefficient (Wildman–Crippen LogP) is 5.52. The number of thiophene rings is 1. The van der Waals surface area contributed by atoms with Crippen LogP contribution in [0.4, 0.5) is 0 Å². The molecule has 5 heteroatoms. The molecule has 0 saturated carbocycles. The van der Waals surface area contributed by atoms with Gasteiger partial charge in [0.05, 0.1) is 15.0 Å². The van der Waals surface area contributed by atoms with E-state index in [9.17, 15) is 0 Å². The van der Waals surface area contributed by atoms with E-state index < -0.39 is 0 Å². The number of nitrogens with one attached hydrogen (secondary N) is 1. The molecule has 2 rings (SSSR count). The average Bonchev–Trinajstić information content (AvgIpc) is 2.72. The van der Waals surface area contributed by atoms with Crippen LogP contribution in [0.3, 0.4) is 0 Å². The number of hydrogen-bond donors (Lipinski definition) is 1. The van der Waals surface area contributed by atoms with Crippen LogP contribution in [0.1, 0.15) is 52.0 Å². The molecule has 0 spiro atoms. The Morgan fingerprint density at radius 1 is 1.40 bits per heavy atom. The van der Waals surface area contributed by atoms with Crippen LogP contribution in [-0.4, -0.2) is 17.7 Å². The second-order valence-corrected chi connectivity index (χ2v) is 9.84. The summed E-state index contributed by atoms with van der Waals surface area (Å²) in [5.41, 5.74) is -0.160. The van der Waals surface area contributed by atoms with Crippen LogP contribution in [0.15, 0.2) is 14.3 Å². The molecule has 1 fully saturated rings. The van der Waals surface area contributed by atoms with E-state index in [1.807, 2.05) is 0 Å². The lowest BCUT2D eigenvalue weighted by Crippen LogP contribution is -2.38. The average molecular weight is 425 g/mol. The van der Waals surface area contributed by atoms with Gasteiger partial charge < -0.3 is 10.1 Å². The van der Waals surface area contributed by atoms with Gasteiger partial charge in [0.15, 0.2) is 0 Å². The molecular weight excluding hydrogens is 402 g/mol. The molecule has 2 unspecified atom stereocenters. The Labute approximate surface area is 142 Å². The van der Waals surface area contributed by atoms with Gasteiger partial charge in [-0.15, -0.1) is 11.3 Å². The molecule has 0 bridgehead atoms. The number of ether oxygens (including phenoxy) is 1. The van der Waals surface area contributed by atoms with Gasteiger partial charge in [-0.3, -0.25) is 0 Å². The third-order valence-electron chi connectivity index (χ3n) is 3.94. The molecule has 1 N–H and O–H groups in total. The summed E-state index contributed by atoms with van der Waals surface area (Å²) in [6.07, 6.45) is 1.07. The van der Waals surface area contributed by atoms with Crippen molar-refractivity contribution < 1.29 is 4.74 Å². The number of hydrogen-bond acceptors (Lipinski definition) is 3.